The lowest BCUT2D eigenvalue weighted by Gasteiger charge is -2.14. The van der Waals surface area contributed by atoms with Crippen LogP contribution in [0.2, 0.25) is 0 Å². The maximum atomic E-state index is 12.0. The zero-order valence-corrected chi connectivity index (χ0v) is 11.5. The Morgan fingerprint density at radius 3 is 2.33 bits per heavy atom. The Morgan fingerprint density at radius 1 is 1.28 bits per heavy atom. The van der Waals surface area contributed by atoms with Gasteiger partial charge in [0.15, 0.2) is 9.84 Å². The number of nitrogens with zero attached hydrogens (tertiary/aromatic N) is 1. The molecule has 0 aliphatic carbocycles. The molecule has 0 aromatic heterocycles. The van der Waals surface area contributed by atoms with Gasteiger partial charge in [-0.3, -0.25) is 0 Å². The number of sulfone groups is 1. The van der Waals surface area contributed by atoms with Gasteiger partial charge in [0, 0.05) is 5.69 Å². The fourth-order valence-electron chi connectivity index (χ4n) is 1.55. The van der Waals surface area contributed by atoms with Crippen molar-refractivity contribution in [1.82, 2.24) is 0 Å². The van der Waals surface area contributed by atoms with Gasteiger partial charge in [0.2, 0.25) is 0 Å². The topological polar surface area (TPSA) is 84.0 Å². The third kappa shape index (κ3) is 4.04. The highest BCUT2D eigenvalue weighted by molar-refractivity contribution is 7.91. The van der Waals surface area contributed by atoms with E-state index in [0.29, 0.717) is 18.5 Å². The molecule has 0 amide bonds. The Labute approximate surface area is 108 Å². The molecule has 98 valence electrons. The lowest BCUT2D eigenvalue weighted by Crippen LogP contribution is -2.12. The van der Waals surface area contributed by atoms with Crippen LogP contribution in [-0.4, -0.2) is 14.2 Å². The highest BCUT2D eigenvalue weighted by Crippen LogP contribution is 2.22. The van der Waals surface area contributed by atoms with Gasteiger partial charge < -0.3 is 5.73 Å². The lowest BCUT2D eigenvalue weighted by molar-refractivity contribution is 0.445. The van der Waals surface area contributed by atoms with E-state index in [0.717, 1.165) is 0 Å². The fraction of sp³-hybridized carbons (Fsp3) is 0.462. The summed E-state index contributed by atoms with van der Waals surface area (Å²) >= 11 is 0. The average Bonchev–Trinajstić information content (AvgIpc) is 2.29. The second-order valence-electron chi connectivity index (χ2n) is 4.99. The summed E-state index contributed by atoms with van der Waals surface area (Å²) in [6.07, 6.45) is 1.05. The minimum Gasteiger partial charge on any atom is -0.399 e. The third-order valence-electron chi connectivity index (χ3n) is 2.76. The number of nitrogens with two attached hydrogens (primary N) is 1. The minimum atomic E-state index is -3.27. The van der Waals surface area contributed by atoms with E-state index >= 15 is 0 Å². The van der Waals surface area contributed by atoms with Crippen LogP contribution in [0.3, 0.4) is 0 Å². The largest absolute Gasteiger partial charge is 0.399 e. The Morgan fingerprint density at radius 2 is 1.83 bits per heavy atom. The number of benzene rings is 1. The quantitative estimate of drug-likeness (QED) is 0.829. The standard InChI is InChI=1S/C13H18N2O2S/c1-13(2,10-14)8-3-9-18(16,17)12-6-4-11(15)5-7-12/h4-7H,3,8-9,15H2,1-2H3. The van der Waals surface area contributed by atoms with Crippen molar-refractivity contribution in [2.24, 2.45) is 5.41 Å². The molecule has 0 saturated heterocycles. The Hall–Kier alpha value is -1.54. The van der Waals surface area contributed by atoms with Crippen molar-refractivity contribution in [2.75, 3.05) is 11.5 Å². The number of nitrogen functional groups attached to an aromatic ring is 1. The zero-order chi connectivity index (χ0) is 13.8. The number of rotatable bonds is 5. The highest BCUT2D eigenvalue weighted by atomic mass is 32.2. The molecule has 0 spiro atoms. The molecule has 0 aliphatic heterocycles. The molecule has 0 atom stereocenters. The van der Waals surface area contributed by atoms with E-state index in [4.69, 9.17) is 11.0 Å². The van der Waals surface area contributed by atoms with E-state index in [9.17, 15) is 8.42 Å². The summed E-state index contributed by atoms with van der Waals surface area (Å²) in [5.74, 6) is 0.0576. The van der Waals surface area contributed by atoms with Gasteiger partial charge in [-0.2, -0.15) is 5.26 Å². The van der Waals surface area contributed by atoms with Crippen LogP contribution in [0.15, 0.2) is 29.2 Å². The van der Waals surface area contributed by atoms with Crippen LogP contribution in [0.4, 0.5) is 5.69 Å². The summed E-state index contributed by atoms with van der Waals surface area (Å²) in [5.41, 5.74) is 5.58. The lowest BCUT2D eigenvalue weighted by atomic mass is 9.90. The first-order chi connectivity index (χ1) is 8.27. The highest BCUT2D eigenvalue weighted by Gasteiger charge is 2.19. The molecular weight excluding hydrogens is 248 g/mol. The molecule has 0 saturated carbocycles. The van der Waals surface area contributed by atoms with E-state index in [2.05, 4.69) is 6.07 Å². The molecule has 0 heterocycles. The van der Waals surface area contributed by atoms with Gasteiger partial charge in [0.25, 0.3) is 0 Å². The summed E-state index contributed by atoms with van der Waals surface area (Å²) < 4.78 is 24.0. The first kappa shape index (κ1) is 14.5. The van der Waals surface area contributed by atoms with Crippen LogP contribution in [-0.2, 0) is 9.84 Å². The van der Waals surface area contributed by atoms with Crippen molar-refractivity contribution in [3.05, 3.63) is 24.3 Å². The van der Waals surface area contributed by atoms with Crippen molar-refractivity contribution in [3.63, 3.8) is 0 Å². The summed E-state index contributed by atoms with van der Waals surface area (Å²) in [5, 5.41) is 8.86. The number of anilines is 1. The van der Waals surface area contributed by atoms with Crippen LogP contribution in [0, 0.1) is 16.7 Å². The van der Waals surface area contributed by atoms with E-state index in [-0.39, 0.29) is 10.6 Å². The van der Waals surface area contributed by atoms with Crippen molar-refractivity contribution in [3.8, 4) is 6.07 Å². The predicted octanol–water partition coefficient (Wildman–Crippen LogP) is 2.37. The normalized spacial score (nSPS) is 12.1. The van der Waals surface area contributed by atoms with Gasteiger partial charge in [0.05, 0.1) is 22.1 Å². The van der Waals surface area contributed by atoms with Gasteiger partial charge in [0.1, 0.15) is 0 Å². The molecular formula is C13H18N2O2S. The zero-order valence-electron chi connectivity index (χ0n) is 10.7. The van der Waals surface area contributed by atoms with Crippen molar-refractivity contribution >= 4 is 15.5 Å². The Bertz CT molecular complexity index is 539. The van der Waals surface area contributed by atoms with Crippen molar-refractivity contribution in [2.45, 2.75) is 31.6 Å². The molecule has 2 N–H and O–H groups in total. The maximum absolute atomic E-state index is 12.0. The molecule has 0 bridgehead atoms. The number of hydrogen-bond acceptors (Lipinski definition) is 4. The van der Waals surface area contributed by atoms with Crippen LogP contribution in [0.1, 0.15) is 26.7 Å². The fourth-order valence-corrected chi connectivity index (χ4v) is 2.86. The molecule has 1 aromatic rings. The van der Waals surface area contributed by atoms with Gasteiger partial charge in [-0.15, -0.1) is 0 Å². The van der Waals surface area contributed by atoms with Crippen molar-refractivity contribution in [1.29, 1.82) is 5.26 Å². The smallest absolute Gasteiger partial charge is 0.178 e. The SMILES string of the molecule is CC(C)(C#N)CCCS(=O)(=O)c1ccc(N)cc1. The number of hydrogen-bond donors (Lipinski definition) is 1. The van der Waals surface area contributed by atoms with Gasteiger partial charge in [-0.25, -0.2) is 8.42 Å². The summed E-state index contributed by atoms with van der Waals surface area (Å²) in [4.78, 5) is 0.284. The first-order valence-corrected chi connectivity index (χ1v) is 7.42. The second kappa shape index (κ2) is 5.40. The maximum Gasteiger partial charge on any atom is 0.178 e. The molecule has 5 heteroatoms. The van der Waals surface area contributed by atoms with Crippen LogP contribution >= 0.6 is 0 Å². The van der Waals surface area contributed by atoms with E-state index < -0.39 is 15.3 Å². The molecule has 1 rings (SSSR count). The van der Waals surface area contributed by atoms with Gasteiger partial charge in [-0.05, 0) is 51.0 Å². The molecule has 0 unspecified atom stereocenters. The van der Waals surface area contributed by atoms with E-state index in [1.165, 1.54) is 12.1 Å². The Kier molecular flexibility index (Phi) is 4.36. The van der Waals surface area contributed by atoms with E-state index in [1.54, 1.807) is 12.1 Å². The Balaban J connectivity index is 2.67. The third-order valence-corrected chi connectivity index (χ3v) is 4.57. The molecule has 0 aliphatic rings. The van der Waals surface area contributed by atoms with Crippen LogP contribution in [0.5, 0.6) is 0 Å². The summed E-state index contributed by atoms with van der Waals surface area (Å²) in [6, 6.07) is 8.34. The summed E-state index contributed by atoms with van der Waals surface area (Å²) in [7, 11) is -3.27. The summed E-state index contributed by atoms with van der Waals surface area (Å²) in [6.45, 7) is 3.62. The molecule has 0 radical (unpaired) electrons. The van der Waals surface area contributed by atoms with Crippen LogP contribution < -0.4 is 5.73 Å². The monoisotopic (exact) mass is 266 g/mol. The first-order valence-electron chi connectivity index (χ1n) is 5.76. The molecule has 1 aromatic carbocycles. The van der Waals surface area contributed by atoms with Gasteiger partial charge >= 0.3 is 0 Å². The predicted molar refractivity (Wildman–Crippen MR) is 71.5 cm³/mol. The van der Waals surface area contributed by atoms with Crippen molar-refractivity contribution < 1.29 is 8.42 Å². The average molecular weight is 266 g/mol. The van der Waals surface area contributed by atoms with Crippen LogP contribution in [0.25, 0.3) is 0 Å². The number of nitriles is 1. The second-order valence-corrected chi connectivity index (χ2v) is 7.10. The molecule has 18 heavy (non-hydrogen) atoms. The van der Waals surface area contributed by atoms with Gasteiger partial charge in [-0.1, -0.05) is 0 Å². The molecule has 4 nitrogen and oxygen atoms in total. The minimum absolute atomic E-state index is 0.0576. The molecule has 0 fully saturated rings. The van der Waals surface area contributed by atoms with E-state index in [1.807, 2.05) is 13.8 Å².